The van der Waals surface area contributed by atoms with Gasteiger partial charge in [0, 0.05) is 30.1 Å². The molecule has 1 aliphatic rings. The van der Waals surface area contributed by atoms with Crippen LogP contribution in [0.1, 0.15) is 0 Å². The van der Waals surface area contributed by atoms with Crippen LogP contribution in [0.15, 0.2) is 43.0 Å². The molecule has 3 aromatic heterocycles. The lowest BCUT2D eigenvalue weighted by molar-refractivity contribution is 0.122. The highest BCUT2D eigenvalue weighted by atomic mass is 16.5. The van der Waals surface area contributed by atoms with Crippen molar-refractivity contribution in [3.63, 3.8) is 0 Å². The summed E-state index contributed by atoms with van der Waals surface area (Å²) in [7, 11) is 1.57. The molecule has 0 unspecified atom stereocenters. The Morgan fingerprint density at radius 1 is 1.00 bits per heavy atom. The number of H-pyrrole nitrogens is 1. The lowest BCUT2D eigenvalue weighted by Crippen LogP contribution is -2.36. The number of ether oxygens (including phenoxy) is 2. The molecule has 0 amide bonds. The van der Waals surface area contributed by atoms with E-state index in [-0.39, 0.29) is 0 Å². The molecule has 0 saturated carbocycles. The number of aromatic amines is 1. The Hall–Kier alpha value is -3.59. The van der Waals surface area contributed by atoms with Crippen molar-refractivity contribution in [1.29, 1.82) is 0 Å². The van der Waals surface area contributed by atoms with Gasteiger partial charge in [0.1, 0.15) is 17.8 Å². The van der Waals surface area contributed by atoms with Gasteiger partial charge in [-0.3, -0.25) is 5.10 Å². The van der Waals surface area contributed by atoms with E-state index in [1.165, 1.54) is 0 Å². The van der Waals surface area contributed by atoms with Gasteiger partial charge in [-0.05, 0) is 12.1 Å². The fourth-order valence-electron chi connectivity index (χ4n) is 3.38. The van der Waals surface area contributed by atoms with Crippen molar-refractivity contribution in [3.05, 3.63) is 43.0 Å². The lowest BCUT2D eigenvalue weighted by atomic mass is 10.1. The first-order valence-electron chi connectivity index (χ1n) is 9.31. The monoisotopic (exact) mass is 389 g/mol. The van der Waals surface area contributed by atoms with E-state index in [2.05, 4.69) is 35.0 Å². The number of methoxy groups -OCH3 is 1. The highest BCUT2D eigenvalue weighted by Crippen LogP contribution is 2.30. The molecule has 9 nitrogen and oxygen atoms in total. The van der Waals surface area contributed by atoms with Gasteiger partial charge in [-0.15, -0.1) is 0 Å². The number of aromatic nitrogens is 6. The Bertz CT molecular complexity index is 1140. The fraction of sp³-hybridized carbons (Fsp3) is 0.250. The van der Waals surface area contributed by atoms with Crippen LogP contribution < -0.4 is 9.64 Å². The zero-order valence-corrected chi connectivity index (χ0v) is 15.9. The average molecular weight is 389 g/mol. The number of nitrogens with zero attached hydrogens (tertiary/aromatic N) is 6. The minimum atomic E-state index is 0.482. The van der Waals surface area contributed by atoms with Crippen molar-refractivity contribution in [2.75, 3.05) is 38.3 Å². The summed E-state index contributed by atoms with van der Waals surface area (Å²) >= 11 is 0. The van der Waals surface area contributed by atoms with Gasteiger partial charge in [0.2, 0.25) is 5.88 Å². The SMILES string of the molecule is COc1cnc(-c2ccc3[nH]nc(-c4cc(N5CCOCC5)ncn4)c3c2)cn1. The normalized spacial score (nSPS) is 14.3. The van der Waals surface area contributed by atoms with Crippen LogP contribution in [0.25, 0.3) is 33.5 Å². The smallest absolute Gasteiger partial charge is 0.232 e. The molecular formula is C20H19N7O2. The summed E-state index contributed by atoms with van der Waals surface area (Å²) in [6.07, 6.45) is 4.88. The van der Waals surface area contributed by atoms with E-state index < -0.39 is 0 Å². The number of morpholine rings is 1. The molecule has 1 aromatic carbocycles. The lowest BCUT2D eigenvalue weighted by Gasteiger charge is -2.27. The van der Waals surface area contributed by atoms with Gasteiger partial charge in [0.05, 0.1) is 49.6 Å². The van der Waals surface area contributed by atoms with E-state index >= 15 is 0 Å². The maximum Gasteiger partial charge on any atom is 0.232 e. The number of anilines is 1. The second-order valence-electron chi connectivity index (χ2n) is 6.64. The van der Waals surface area contributed by atoms with Crippen molar-refractivity contribution < 1.29 is 9.47 Å². The molecule has 5 rings (SSSR count). The molecular weight excluding hydrogens is 370 g/mol. The van der Waals surface area contributed by atoms with E-state index in [0.29, 0.717) is 19.1 Å². The van der Waals surface area contributed by atoms with Gasteiger partial charge < -0.3 is 14.4 Å². The Kier molecular flexibility index (Phi) is 4.49. The van der Waals surface area contributed by atoms with Crippen molar-refractivity contribution in [2.45, 2.75) is 0 Å². The van der Waals surface area contributed by atoms with Gasteiger partial charge in [0.15, 0.2) is 0 Å². The number of nitrogens with one attached hydrogen (secondary N) is 1. The number of rotatable bonds is 4. The number of hydrogen-bond acceptors (Lipinski definition) is 8. The summed E-state index contributed by atoms with van der Waals surface area (Å²) in [5.41, 5.74) is 4.18. The Morgan fingerprint density at radius 3 is 2.69 bits per heavy atom. The quantitative estimate of drug-likeness (QED) is 0.567. The Labute approximate surface area is 166 Å². The molecule has 0 bridgehead atoms. The highest BCUT2D eigenvalue weighted by molar-refractivity contribution is 5.94. The van der Waals surface area contributed by atoms with E-state index in [1.807, 2.05) is 24.3 Å². The molecule has 1 N–H and O–H groups in total. The van der Waals surface area contributed by atoms with Crippen molar-refractivity contribution in [2.24, 2.45) is 0 Å². The summed E-state index contributed by atoms with van der Waals surface area (Å²) in [6, 6.07) is 7.99. The minimum absolute atomic E-state index is 0.482. The summed E-state index contributed by atoms with van der Waals surface area (Å²) in [6.45, 7) is 3.05. The van der Waals surface area contributed by atoms with E-state index in [1.54, 1.807) is 25.8 Å². The molecule has 4 aromatic rings. The zero-order chi connectivity index (χ0) is 19.6. The van der Waals surface area contributed by atoms with Crippen molar-refractivity contribution in [1.82, 2.24) is 30.1 Å². The first-order chi connectivity index (χ1) is 14.3. The van der Waals surface area contributed by atoms with Crippen LogP contribution in [0.4, 0.5) is 5.82 Å². The van der Waals surface area contributed by atoms with Gasteiger partial charge in [0.25, 0.3) is 0 Å². The maximum absolute atomic E-state index is 5.43. The summed E-state index contributed by atoms with van der Waals surface area (Å²) in [5, 5.41) is 8.55. The van der Waals surface area contributed by atoms with Gasteiger partial charge >= 0.3 is 0 Å². The first-order valence-corrected chi connectivity index (χ1v) is 9.31. The third kappa shape index (κ3) is 3.36. The molecule has 0 aliphatic carbocycles. The predicted molar refractivity (Wildman–Crippen MR) is 108 cm³/mol. The second-order valence-corrected chi connectivity index (χ2v) is 6.64. The Balaban J connectivity index is 1.53. The standard InChI is InChI=1S/C20H19N7O2/c1-28-19-11-21-17(10-22-19)13-2-3-15-14(8-13)20(26-25-15)16-9-18(24-12-23-16)27-4-6-29-7-5-27/h2-3,8-12H,4-7H2,1H3,(H,25,26). The van der Waals surface area contributed by atoms with Crippen molar-refractivity contribution in [3.8, 4) is 28.5 Å². The topological polar surface area (TPSA) is 102 Å². The molecule has 0 spiro atoms. The van der Waals surface area contributed by atoms with Gasteiger partial charge in [-0.25, -0.2) is 19.9 Å². The van der Waals surface area contributed by atoms with E-state index in [4.69, 9.17) is 9.47 Å². The minimum Gasteiger partial charge on any atom is -0.480 e. The zero-order valence-electron chi connectivity index (χ0n) is 15.9. The summed E-state index contributed by atoms with van der Waals surface area (Å²) in [4.78, 5) is 19.7. The predicted octanol–water partition coefficient (Wildman–Crippen LogP) is 2.32. The third-order valence-corrected chi connectivity index (χ3v) is 4.93. The van der Waals surface area contributed by atoms with Crippen LogP contribution in [0.3, 0.4) is 0 Å². The second kappa shape index (κ2) is 7.44. The molecule has 1 fully saturated rings. The van der Waals surface area contributed by atoms with Crippen LogP contribution in [0.5, 0.6) is 5.88 Å². The van der Waals surface area contributed by atoms with E-state index in [9.17, 15) is 0 Å². The Morgan fingerprint density at radius 2 is 1.90 bits per heavy atom. The highest BCUT2D eigenvalue weighted by Gasteiger charge is 2.16. The molecule has 9 heteroatoms. The molecule has 1 saturated heterocycles. The average Bonchev–Trinajstić information content (AvgIpc) is 3.23. The number of hydrogen-bond donors (Lipinski definition) is 1. The van der Waals surface area contributed by atoms with Crippen LogP contribution in [0.2, 0.25) is 0 Å². The van der Waals surface area contributed by atoms with Crippen LogP contribution in [-0.4, -0.2) is 63.5 Å². The van der Waals surface area contributed by atoms with Gasteiger partial charge in [-0.1, -0.05) is 6.07 Å². The first kappa shape index (κ1) is 17.5. The largest absolute Gasteiger partial charge is 0.480 e. The fourth-order valence-corrected chi connectivity index (χ4v) is 3.38. The molecule has 146 valence electrons. The third-order valence-electron chi connectivity index (χ3n) is 4.93. The molecule has 4 heterocycles. The molecule has 0 atom stereocenters. The molecule has 1 aliphatic heterocycles. The summed E-state index contributed by atoms with van der Waals surface area (Å²) < 4.78 is 10.5. The van der Waals surface area contributed by atoms with E-state index in [0.717, 1.165) is 52.5 Å². The maximum atomic E-state index is 5.43. The van der Waals surface area contributed by atoms with Crippen molar-refractivity contribution >= 4 is 16.7 Å². The summed E-state index contributed by atoms with van der Waals surface area (Å²) in [5.74, 6) is 1.36. The number of fused-ring (bicyclic) bond motifs is 1. The van der Waals surface area contributed by atoms with Gasteiger partial charge in [-0.2, -0.15) is 5.10 Å². The van der Waals surface area contributed by atoms with Crippen LogP contribution >= 0.6 is 0 Å². The number of benzene rings is 1. The van der Waals surface area contributed by atoms with Crippen LogP contribution in [0, 0.1) is 0 Å². The van der Waals surface area contributed by atoms with Crippen LogP contribution in [-0.2, 0) is 4.74 Å². The molecule has 29 heavy (non-hydrogen) atoms. The molecule has 0 radical (unpaired) electrons.